The van der Waals surface area contributed by atoms with E-state index >= 15 is 0 Å². The molecular weight excluding hydrogens is 495 g/mol. The molecule has 2 N–H and O–H groups in total. The molecule has 36 heavy (non-hydrogen) atoms. The highest BCUT2D eigenvalue weighted by atomic mass is 35.5. The van der Waals surface area contributed by atoms with E-state index in [2.05, 4.69) is 32.6 Å². The van der Waals surface area contributed by atoms with E-state index in [4.69, 9.17) is 28.9 Å². The Morgan fingerprint density at radius 1 is 0.917 bits per heavy atom. The van der Waals surface area contributed by atoms with Crippen molar-refractivity contribution in [2.45, 2.75) is 11.6 Å². The molecule has 2 aromatic heterocycles. The Balaban J connectivity index is 1.61. The minimum Gasteiger partial charge on any atom is -0.336 e. The monoisotopic (exact) mass is 516 g/mol. The van der Waals surface area contributed by atoms with Crippen molar-refractivity contribution >= 4 is 29.2 Å². The molecule has 3 heterocycles. The zero-order valence-electron chi connectivity index (χ0n) is 19.5. The van der Waals surface area contributed by atoms with E-state index in [1.165, 1.54) is 0 Å². The normalized spacial score (nSPS) is 16.4. The van der Waals surface area contributed by atoms with Gasteiger partial charge < -0.3 is 15.2 Å². The molecule has 1 aliphatic heterocycles. The maximum atomic E-state index is 7.32. The van der Waals surface area contributed by atoms with Crippen LogP contribution in [0.5, 0.6) is 0 Å². The lowest BCUT2D eigenvalue weighted by Crippen LogP contribution is -2.41. The van der Waals surface area contributed by atoms with Crippen LogP contribution >= 0.6 is 23.2 Å². The van der Waals surface area contributed by atoms with Gasteiger partial charge in [0.2, 0.25) is 0 Å². The molecule has 0 amide bonds. The maximum Gasteiger partial charge on any atom is 0.250 e. The summed E-state index contributed by atoms with van der Waals surface area (Å²) in [6, 6.07) is 21.4. The first kappa shape index (κ1) is 22.7. The van der Waals surface area contributed by atoms with Gasteiger partial charge in [0, 0.05) is 29.7 Å². The number of imidazole rings is 1. The van der Waals surface area contributed by atoms with E-state index in [1.807, 2.05) is 78.2 Å². The van der Waals surface area contributed by atoms with Crippen LogP contribution in [0.25, 0.3) is 5.69 Å². The summed E-state index contributed by atoms with van der Waals surface area (Å²) in [6.07, 6.45) is 3.55. The molecule has 0 aliphatic carbocycles. The van der Waals surface area contributed by atoms with Gasteiger partial charge in [-0.2, -0.15) is 4.68 Å². The number of halogens is 2. The van der Waals surface area contributed by atoms with Crippen molar-refractivity contribution in [1.29, 1.82) is 0 Å². The van der Waals surface area contributed by atoms with Crippen LogP contribution < -0.4 is 10.6 Å². The highest BCUT2D eigenvalue weighted by Gasteiger charge is 2.38. The molecule has 0 fully saturated rings. The molecule has 0 saturated carbocycles. The number of benzene rings is 3. The number of nitrogens with two attached hydrogens (primary N) is 1. The molecule has 5 aromatic rings. The molecule has 2 unspecified atom stereocenters. The lowest BCUT2D eigenvalue weighted by atomic mass is 9.79. The molecule has 8 nitrogen and oxygen atoms in total. The fraction of sp³-hybridized carbons (Fsp3) is 0.154. The van der Waals surface area contributed by atoms with E-state index in [-0.39, 0.29) is 6.04 Å². The van der Waals surface area contributed by atoms with Gasteiger partial charge in [0.05, 0.1) is 29.9 Å². The second kappa shape index (κ2) is 8.44. The summed E-state index contributed by atoms with van der Waals surface area (Å²) in [7, 11) is 3.91. The summed E-state index contributed by atoms with van der Waals surface area (Å²) in [5.74, 6) is 0.642. The van der Waals surface area contributed by atoms with Crippen molar-refractivity contribution in [2.24, 2.45) is 12.8 Å². The number of anilines is 1. The predicted molar refractivity (Wildman–Crippen MR) is 140 cm³/mol. The Kier molecular flexibility index (Phi) is 5.33. The number of rotatable bonds is 4. The van der Waals surface area contributed by atoms with Gasteiger partial charge in [-0.3, -0.25) is 0 Å². The van der Waals surface area contributed by atoms with Crippen LogP contribution in [-0.2, 0) is 12.6 Å². The standard InChI is InChI=1S/C26H22Cl2N8/c1-34-15-30-14-23(34)26(29,17-6-9-19(27)10-7-17)18-8-11-22-21(13-18)24(16-4-3-5-20(28)12-16)35(2)25-31-32-33-36(22)25/h3-15,24H,29H2,1-2H3. The number of aryl methyl sites for hydroxylation is 1. The summed E-state index contributed by atoms with van der Waals surface area (Å²) < 4.78 is 3.68. The van der Waals surface area contributed by atoms with Crippen molar-refractivity contribution in [1.82, 2.24) is 29.8 Å². The lowest BCUT2D eigenvalue weighted by Gasteiger charge is -2.37. The second-order valence-corrected chi connectivity index (χ2v) is 9.81. The lowest BCUT2D eigenvalue weighted by molar-refractivity contribution is 0.591. The van der Waals surface area contributed by atoms with E-state index in [1.54, 1.807) is 17.2 Å². The van der Waals surface area contributed by atoms with E-state index in [9.17, 15) is 0 Å². The first-order valence-corrected chi connectivity index (χ1v) is 12.1. The molecule has 1 aliphatic rings. The van der Waals surface area contributed by atoms with E-state index in [0.717, 1.165) is 33.6 Å². The van der Waals surface area contributed by atoms with Crippen molar-refractivity contribution in [3.05, 3.63) is 117 Å². The van der Waals surface area contributed by atoms with Crippen LogP contribution in [0.2, 0.25) is 10.0 Å². The molecule has 0 radical (unpaired) electrons. The van der Waals surface area contributed by atoms with Gasteiger partial charge in [-0.15, -0.1) is 0 Å². The highest BCUT2D eigenvalue weighted by molar-refractivity contribution is 6.30. The zero-order chi connectivity index (χ0) is 25.0. The first-order valence-electron chi connectivity index (χ1n) is 11.3. The smallest absolute Gasteiger partial charge is 0.250 e. The minimum atomic E-state index is -0.997. The number of hydrogen-bond donors (Lipinski definition) is 1. The SMILES string of the molecule is CN1c2nnnn2-c2ccc(C(N)(c3ccc(Cl)cc3)c3cncn3C)cc2C1c1cccc(Cl)c1. The quantitative estimate of drug-likeness (QED) is 0.378. The number of hydrogen-bond acceptors (Lipinski definition) is 6. The maximum absolute atomic E-state index is 7.32. The van der Waals surface area contributed by atoms with E-state index < -0.39 is 5.54 Å². The topological polar surface area (TPSA) is 90.7 Å². The van der Waals surface area contributed by atoms with Crippen molar-refractivity contribution in [3.8, 4) is 5.69 Å². The Labute approximate surface area is 217 Å². The Morgan fingerprint density at radius 2 is 1.69 bits per heavy atom. The van der Waals surface area contributed by atoms with Crippen molar-refractivity contribution in [3.63, 3.8) is 0 Å². The van der Waals surface area contributed by atoms with Crippen molar-refractivity contribution in [2.75, 3.05) is 11.9 Å². The fourth-order valence-corrected chi connectivity index (χ4v) is 5.41. The van der Waals surface area contributed by atoms with Gasteiger partial charge in [0.15, 0.2) is 0 Å². The first-order chi connectivity index (χ1) is 17.4. The van der Waals surface area contributed by atoms with Gasteiger partial charge in [-0.05, 0) is 63.5 Å². The predicted octanol–water partition coefficient (Wildman–Crippen LogP) is 4.49. The number of fused-ring (bicyclic) bond motifs is 3. The van der Waals surface area contributed by atoms with Crippen LogP contribution in [0.15, 0.2) is 79.3 Å². The second-order valence-electron chi connectivity index (χ2n) is 8.94. The summed E-state index contributed by atoms with van der Waals surface area (Å²) in [5, 5.41) is 13.7. The third-order valence-electron chi connectivity index (χ3n) is 6.85. The van der Waals surface area contributed by atoms with Crippen LogP contribution in [0.1, 0.15) is 34.0 Å². The van der Waals surface area contributed by atoms with Crippen LogP contribution in [-0.4, -0.2) is 36.8 Å². The number of tetrazole rings is 1. The highest BCUT2D eigenvalue weighted by Crippen LogP contribution is 2.43. The molecule has 10 heteroatoms. The fourth-order valence-electron chi connectivity index (χ4n) is 5.09. The van der Waals surface area contributed by atoms with Crippen LogP contribution in [0.4, 0.5) is 5.95 Å². The minimum absolute atomic E-state index is 0.182. The molecule has 3 aromatic carbocycles. The van der Waals surface area contributed by atoms with Gasteiger partial charge in [-0.25, -0.2) is 4.98 Å². The summed E-state index contributed by atoms with van der Waals surface area (Å²) in [5.41, 5.74) is 11.9. The van der Waals surface area contributed by atoms with Crippen LogP contribution in [0.3, 0.4) is 0 Å². The number of aromatic nitrogens is 6. The zero-order valence-corrected chi connectivity index (χ0v) is 21.1. The van der Waals surface area contributed by atoms with Gasteiger partial charge in [-0.1, -0.05) is 58.6 Å². The Hall–Kier alpha value is -3.72. The summed E-state index contributed by atoms with van der Waals surface area (Å²) >= 11 is 12.6. The average molecular weight is 517 g/mol. The van der Waals surface area contributed by atoms with Crippen molar-refractivity contribution < 1.29 is 0 Å². The summed E-state index contributed by atoms with van der Waals surface area (Å²) in [4.78, 5) is 6.40. The molecule has 180 valence electrons. The average Bonchev–Trinajstić information content (AvgIpc) is 3.54. The third-order valence-corrected chi connectivity index (χ3v) is 7.33. The molecule has 2 atom stereocenters. The molecule has 0 bridgehead atoms. The number of nitrogens with zero attached hydrogens (tertiary/aromatic N) is 7. The molecule has 0 spiro atoms. The molecule has 6 rings (SSSR count). The Bertz CT molecular complexity index is 1580. The van der Waals surface area contributed by atoms with Crippen LogP contribution in [0, 0.1) is 0 Å². The van der Waals surface area contributed by atoms with Gasteiger partial charge in [0.25, 0.3) is 5.95 Å². The van der Waals surface area contributed by atoms with E-state index in [0.29, 0.717) is 16.0 Å². The Morgan fingerprint density at radius 3 is 2.42 bits per heavy atom. The largest absolute Gasteiger partial charge is 0.336 e. The third kappa shape index (κ3) is 3.41. The molecular formula is C26H22Cl2N8. The van der Waals surface area contributed by atoms with Gasteiger partial charge in [0.1, 0.15) is 5.54 Å². The summed E-state index contributed by atoms with van der Waals surface area (Å²) in [6.45, 7) is 0. The molecule has 0 saturated heterocycles. The van der Waals surface area contributed by atoms with Gasteiger partial charge >= 0.3 is 0 Å².